The number of furan rings is 1. The molecule has 0 fully saturated rings. The summed E-state index contributed by atoms with van der Waals surface area (Å²) in [6, 6.07) is 19.1. The Labute approximate surface area is 220 Å². The highest BCUT2D eigenvalue weighted by atomic mass is 32.2. The van der Waals surface area contributed by atoms with Gasteiger partial charge in [0.15, 0.2) is 0 Å². The molecule has 1 atom stereocenters. The number of hydrogen-bond donors (Lipinski definition) is 3. The van der Waals surface area contributed by atoms with Crippen LogP contribution >= 0.6 is 11.8 Å². The van der Waals surface area contributed by atoms with Crippen LogP contribution in [0.25, 0.3) is 0 Å². The molecule has 0 spiro atoms. The van der Waals surface area contributed by atoms with Gasteiger partial charge in [-0.25, -0.2) is 0 Å². The van der Waals surface area contributed by atoms with Gasteiger partial charge in [-0.1, -0.05) is 42.1 Å². The molecule has 1 aliphatic heterocycles. The molecule has 188 valence electrons. The van der Waals surface area contributed by atoms with Gasteiger partial charge in [0.1, 0.15) is 5.76 Å². The Balaban J connectivity index is 1.61. The fraction of sp³-hybridized carbons (Fsp3) is 0.207. The van der Waals surface area contributed by atoms with E-state index in [0.717, 1.165) is 22.4 Å². The van der Waals surface area contributed by atoms with Crippen LogP contribution in [-0.4, -0.2) is 17.6 Å². The molecule has 8 heteroatoms. The second-order valence-corrected chi connectivity index (χ2v) is 9.88. The first-order valence-corrected chi connectivity index (χ1v) is 12.8. The number of thioether (sulfide) groups is 1. The summed E-state index contributed by atoms with van der Waals surface area (Å²) in [4.78, 5) is 26.2. The monoisotopic (exact) mass is 512 g/mol. The molecule has 2 amide bonds. The average Bonchev–Trinajstić information content (AvgIpc) is 3.39. The molecule has 1 aromatic heterocycles. The Morgan fingerprint density at radius 2 is 1.76 bits per heavy atom. The van der Waals surface area contributed by atoms with Crippen LogP contribution in [0.3, 0.4) is 0 Å². The molecule has 1 aliphatic rings. The number of carbonyl (C=O) groups is 2. The number of nitriles is 1. The lowest BCUT2D eigenvalue weighted by atomic mass is 9.85. The Morgan fingerprint density at radius 3 is 2.41 bits per heavy atom. The van der Waals surface area contributed by atoms with Gasteiger partial charge in [-0.15, -0.1) is 0 Å². The summed E-state index contributed by atoms with van der Waals surface area (Å²) in [6.45, 7) is 7.61. The van der Waals surface area contributed by atoms with Crippen LogP contribution in [-0.2, 0) is 9.59 Å². The van der Waals surface area contributed by atoms with E-state index in [0.29, 0.717) is 33.3 Å². The Bertz CT molecular complexity index is 1430. The highest BCUT2D eigenvalue weighted by molar-refractivity contribution is 8.03. The highest BCUT2D eigenvalue weighted by Gasteiger charge is 2.36. The number of carbonyl (C=O) groups excluding carboxylic acids is 2. The number of anilines is 2. The van der Waals surface area contributed by atoms with E-state index in [1.54, 1.807) is 19.1 Å². The normalized spacial score (nSPS) is 15.2. The van der Waals surface area contributed by atoms with Gasteiger partial charge in [-0.2, -0.15) is 5.26 Å². The fourth-order valence-corrected chi connectivity index (χ4v) is 5.21. The molecular weight excluding hydrogens is 484 g/mol. The zero-order valence-electron chi connectivity index (χ0n) is 21.1. The maximum Gasteiger partial charge on any atom is 0.254 e. The summed E-state index contributed by atoms with van der Waals surface area (Å²) in [5, 5.41) is 19.8. The zero-order valence-corrected chi connectivity index (χ0v) is 22.0. The maximum atomic E-state index is 13.6. The van der Waals surface area contributed by atoms with E-state index in [1.165, 1.54) is 18.0 Å². The molecule has 7 nitrogen and oxygen atoms in total. The Morgan fingerprint density at radius 1 is 1.03 bits per heavy atom. The van der Waals surface area contributed by atoms with E-state index in [1.807, 2.05) is 63.2 Å². The molecular formula is C29H28N4O3S. The topological polar surface area (TPSA) is 107 Å². The number of hydrogen-bond acceptors (Lipinski definition) is 6. The molecule has 3 aromatic rings. The Hall–Kier alpha value is -4.22. The van der Waals surface area contributed by atoms with Crippen LogP contribution in [0.2, 0.25) is 0 Å². The minimum Gasteiger partial charge on any atom is -0.468 e. The van der Waals surface area contributed by atoms with Gasteiger partial charge in [-0.3, -0.25) is 9.59 Å². The maximum absolute atomic E-state index is 13.6. The van der Waals surface area contributed by atoms with Gasteiger partial charge in [0.05, 0.1) is 40.2 Å². The van der Waals surface area contributed by atoms with Crippen molar-refractivity contribution in [2.75, 3.05) is 16.4 Å². The minimum absolute atomic E-state index is 0.0868. The third-order valence-corrected chi connectivity index (χ3v) is 7.11. The van der Waals surface area contributed by atoms with E-state index in [2.05, 4.69) is 22.0 Å². The molecule has 4 rings (SSSR count). The number of nitrogens with one attached hydrogen (secondary N) is 3. The molecule has 37 heavy (non-hydrogen) atoms. The lowest BCUT2D eigenvalue weighted by Crippen LogP contribution is -2.31. The number of dihydropyridines is 1. The summed E-state index contributed by atoms with van der Waals surface area (Å²) >= 11 is 1.22. The van der Waals surface area contributed by atoms with Crippen LogP contribution in [0, 0.1) is 32.1 Å². The molecule has 0 aliphatic carbocycles. The molecule has 2 heterocycles. The fourth-order valence-electron chi connectivity index (χ4n) is 4.32. The summed E-state index contributed by atoms with van der Waals surface area (Å²) in [6.07, 6.45) is 1.52. The largest absolute Gasteiger partial charge is 0.468 e. The smallest absolute Gasteiger partial charge is 0.254 e. The number of allylic oxidation sites excluding steroid dienone is 2. The van der Waals surface area contributed by atoms with Gasteiger partial charge in [-0.05, 0) is 68.7 Å². The van der Waals surface area contributed by atoms with Crippen molar-refractivity contribution >= 4 is 35.0 Å². The average molecular weight is 513 g/mol. The SMILES string of the molecule is CC1=C(C(=O)Nc2c(C)cccc2C)C(c2ccco2)C(C#N)=C(SCC(=O)Nc2cccc(C)c2)N1. The van der Waals surface area contributed by atoms with Crippen molar-refractivity contribution in [3.05, 3.63) is 105 Å². The third kappa shape index (κ3) is 5.79. The predicted octanol–water partition coefficient (Wildman–Crippen LogP) is 5.91. The molecule has 0 radical (unpaired) electrons. The molecule has 2 aromatic carbocycles. The van der Waals surface area contributed by atoms with E-state index in [4.69, 9.17) is 4.42 Å². The van der Waals surface area contributed by atoms with E-state index >= 15 is 0 Å². The standard InChI is InChI=1S/C29H28N4O3S/c1-17-8-5-11-21(14-17)32-24(34)16-37-29-22(15-30)26(23-12-7-13-36-23)25(20(4)31-29)28(35)33-27-18(2)9-6-10-19(27)3/h5-14,26,31H,16H2,1-4H3,(H,32,34)(H,33,35). The van der Waals surface area contributed by atoms with Crippen LogP contribution in [0.4, 0.5) is 11.4 Å². The van der Waals surface area contributed by atoms with Gasteiger partial charge >= 0.3 is 0 Å². The van der Waals surface area contributed by atoms with E-state index in [9.17, 15) is 14.9 Å². The highest BCUT2D eigenvalue weighted by Crippen LogP contribution is 2.41. The van der Waals surface area contributed by atoms with Gasteiger partial charge in [0, 0.05) is 17.1 Å². The van der Waals surface area contributed by atoms with Crippen molar-refractivity contribution in [3.8, 4) is 6.07 Å². The number of amides is 2. The second kappa shape index (κ2) is 11.2. The van der Waals surface area contributed by atoms with Gasteiger partial charge < -0.3 is 20.4 Å². The van der Waals surface area contributed by atoms with Crippen molar-refractivity contribution in [1.82, 2.24) is 5.32 Å². The lowest BCUT2D eigenvalue weighted by molar-refractivity contribution is -0.114. The van der Waals surface area contributed by atoms with Crippen molar-refractivity contribution < 1.29 is 14.0 Å². The number of para-hydroxylation sites is 1. The number of rotatable bonds is 7. The summed E-state index contributed by atoms with van der Waals surface area (Å²) in [7, 11) is 0. The van der Waals surface area contributed by atoms with Crippen LogP contribution in [0.1, 0.15) is 35.3 Å². The molecule has 0 saturated carbocycles. The Kier molecular flexibility index (Phi) is 7.85. The number of nitrogens with zero attached hydrogens (tertiary/aromatic N) is 1. The first-order chi connectivity index (χ1) is 17.8. The quantitative estimate of drug-likeness (QED) is 0.363. The molecule has 1 unspecified atom stereocenters. The summed E-state index contributed by atoms with van der Waals surface area (Å²) in [5.41, 5.74) is 5.68. The van der Waals surface area contributed by atoms with Crippen molar-refractivity contribution in [3.63, 3.8) is 0 Å². The van der Waals surface area contributed by atoms with Gasteiger partial charge in [0.2, 0.25) is 5.91 Å². The zero-order chi connectivity index (χ0) is 26.5. The second-order valence-electron chi connectivity index (χ2n) is 8.89. The predicted molar refractivity (Wildman–Crippen MR) is 147 cm³/mol. The first kappa shape index (κ1) is 25.9. The van der Waals surface area contributed by atoms with Crippen molar-refractivity contribution in [1.29, 1.82) is 5.26 Å². The van der Waals surface area contributed by atoms with Crippen LogP contribution < -0.4 is 16.0 Å². The van der Waals surface area contributed by atoms with Crippen LogP contribution in [0.5, 0.6) is 0 Å². The summed E-state index contributed by atoms with van der Waals surface area (Å²) in [5.74, 6) is -0.669. The lowest BCUT2D eigenvalue weighted by Gasteiger charge is -2.28. The molecule has 3 N–H and O–H groups in total. The van der Waals surface area contributed by atoms with Crippen LogP contribution in [0.15, 0.2) is 87.1 Å². The first-order valence-electron chi connectivity index (χ1n) is 11.8. The van der Waals surface area contributed by atoms with Crippen molar-refractivity contribution in [2.24, 2.45) is 0 Å². The number of aryl methyl sites for hydroxylation is 3. The molecule has 0 bridgehead atoms. The summed E-state index contributed by atoms with van der Waals surface area (Å²) < 4.78 is 5.68. The van der Waals surface area contributed by atoms with Crippen molar-refractivity contribution in [2.45, 2.75) is 33.6 Å². The number of benzene rings is 2. The van der Waals surface area contributed by atoms with Gasteiger partial charge in [0.25, 0.3) is 5.91 Å². The third-order valence-electron chi connectivity index (χ3n) is 6.09. The molecule has 0 saturated heterocycles. The van der Waals surface area contributed by atoms with E-state index in [-0.39, 0.29) is 17.6 Å². The minimum atomic E-state index is -0.715. The van der Waals surface area contributed by atoms with E-state index < -0.39 is 5.92 Å².